The molecule has 1 N–H and O–H groups in total. The predicted molar refractivity (Wildman–Crippen MR) is 90.5 cm³/mol. The highest BCUT2D eigenvalue weighted by Gasteiger charge is 2.14. The Hall–Kier alpha value is -2.31. The quantitative estimate of drug-likeness (QED) is 0.670. The van der Waals surface area contributed by atoms with Crippen LogP contribution in [0.2, 0.25) is 0 Å². The first-order chi connectivity index (χ1) is 11.7. The minimum atomic E-state index is -0.323. The van der Waals surface area contributed by atoms with E-state index in [-0.39, 0.29) is 29.5 Å². The number of rotatable bonds is 6. The van der Waals surface area contributed by atoms with Gasteiger partial charge in [0.05, 0.1) is 5.38 Å². The zero-order valence-electron chi connectivity index (χ0n) is 12.4. The Kier molecular flexibility index (Phi) is 5.17. The molecule has 1 unspecified atom stereocenters. The number of hydrogen-bond donors (Lipinski definition) is 1. The topological polar surface area (TPSA) is 81.3 Å². The van der Waals surface area contributed by atoms with Crippen molar-refractivity contribution in [3.63, 3.8) is 0 Å². The lowest BCUT2D eigenvalue weighted by Crippen LogP contribution is -2.12. The highest BCUT2D eigenvalue weighted by Crippen LogP contribution is 2.29. The molecule has 3 aromatic rings. The normalized spacial score (nSPS) is 12.1. The van der Waals surface area contributed by atoms with Gasteiger partial charge in [-0.05, 0) is 24.3 Å². The summed E-state index contributed by atoms with van der Waals surface area (Å²) in [6.45, 7) is 0.219. The van der Waals surface area contributed by atoms with E-state index in [2.05, 4.69) is 15.1 Å². The molecule has 0 saturated heterocycles. The predicted octanol–water partition coefficient (Wildman–Crippen LogP) is 3.73. The first-order valence-corrected chi connectivity index (χ1v) is 8.05. The van der Waals surface area contributed by atoms with Crippen molar-refractivity contribution < 1.29 is 14.4 Å². The van der Waals surface area contributed by atoms with Crippen molar-refractivity contribution in [2.75, 3.05) is 12.5 Å². The highest BCUT2D eigenvalue weighted by atomic mass is 35.5. The van der Waals surface area contributed by atoms with Crippen LogP contribution in [0, 0.1) is 0 Å². The second kappa shape index (κ2) is 7.51. The summed E-state index contributed by atoms with van der Waals surface area (Å²) >= 11 is 11.6. The Labute approximate surface area is 148 Å². The molecule has 0 radical (unpaired) electrons. The van der Waals surface area contributed by atoms with Crippen LogP contribution in [0.1, 0.15) is 0 Å². The van der Waals surface area contributed by atoms with Crippen LogP contribution in [0.4, 0.5) is 0 Å². The number of nitrogens with zero attached hydrogens (tertiary/aromatic N) is 3. The van der Waals surface area contributed by atoms with E-state index >= 15 is 0 Å². The Morgan fingerprint density at radius 2 is 2.12 bits per heavy atom. The lowest BCUT2D eigenvalue weighted by molar-refractivity contribution is 0.319. The Balaban J connectivity index is 1.84. The van der Waals surface area contributed by atoms with Crippen molar-refractivity contribution in [3.8, 4) is 34.5 Å². The van der Waals surface area contributed by atoms with Crippen molar-refractivity contribution in [1.82, 2.24) is 15.1 Å². The lowest BCUT2D eigenvalue weighted by Gasteiger charge is -2.09. The largest absolute Gasteiger partial charge is 0.508 e. The van der Waals surface area contributed by atoms with Crippen LogP contribution >= 0.6 is 23.2 Å². The van der Waals surface area contributed by atoms with Crippen LogP contribution in [-0.4, -0.2) is 38.1 Å². The van der Waals surface area contributed by atoms with Gasteiger partial charge in [0.1, 0.15) is 23.8 Å². The van der Waals surface area contributed by atoms with Gasteiger partial charge in [0, 0.05) is 23.7 Å². The summed E-state index contributed by atoms with van der Waals surface area (Å²) in [5, 5.41) is 13.4. The molecule has 24 heavy (non-hydrogen) atoms. The van der Waals surface area contributed by atoms with Crippen molar-refractivity contribution in [1.29, 1.82) is 0 Å². The second-order valence-corrected chi connectivity index (χ2v) is 5.84. The van der Waals surface area contributed by atoms with Gasteiger partial charge in [0.25, 0.3) is 5.89 Å². The molecule has 0 spiro atoms. The number of ether oxygens (including phenoxy) is 1. The average molecular weight is 366 g/mol. The third kappa shape index (κ3) is 3.96. The second-order valence-electron chi connectivity index (χ2n) is 4.92. The number of pyridine rings is 1. The molecule has 1 atom stereocenters. The maximum Gasteiger partial charge on any atom is 0.258 e. The first-order valence-electron chi connectivity index (χ1n) is 7.08. The van der Waals surface area contributed by atoms with Gasteiger partial charge in [-0.2, -0.15) is 4.98 Å². The van der Waals surface area contributed by atoms with Gasteiger partial charge in [0.2, 0.25) is 5.82 Å². The molecule has 0 aliphatic heterocycles. The molecular formula is C16H13Cl2N3O3. The molecule has 0 saturated carbocycles. The number of phenols is 1. The molecule has 1 aromatic carbocycles. The van der Waals surface area contributed by atoms with Crippen LogP contribution in [0.5, 0.6) is 11.5 Å². The molecule has 124 valence electrons. The smallest absolute Gasteiger partial charge is 0.258 e. The molecule has 6 nitrogen and oxygen atoms in total. The summed E-state index contributed by atoms with van der Waals surface area (Å²) in [5.74, 6) is 1.32. The maximum atomic E-state index is 9.86. The first kappa shape index (κ1) is 16.5. The molecule has 0 aliphatic carbocycles. The van der Waals surface area contributed by atoms with Gasteiger partial charge in [0.15, 0.2) is 0 Å². The third-order valence-corrected chi connectivity index (χ3v) is 3.87. The molecule has 0 bridgehead atoms. The number of aromatic hydroxyl groups is 1. The monoisotopic (exact) mass is 365 g/mol. The van der Waals surface area contributed by atoms with Crippen LogP contribution in [0.3, 0.4) is 0 Å². The Morgan fingerprint density at radius 1 is 1.25 bits per heavy atom. The highest BCUT2D eigenvalue weighted by molar-refractivity contribution is 6.28. The van der Waals surface area contributed by atoms with E-state index in [0.717, 1.165) is 0 Å². The van der Waals surface area contributed by atoms with E-state index in [4.69, 9.17) is 32.5 Å². The molecule has 0 amide bonds. The van der Waals surface area contributed by atoms with Gasteiger partial charge in [-0.25, -0.2) is 0 Å². The SMILES string of the molecule is Oc1cc(OCC(Cl)CCl)cc(-c2nc(-c3ccccn3)no2)c1. The van der Waals surface area contributed by atoms with E-state index in [0.29, 0.717) is 22.8 Å². The van der Waals surface area contributed by atoms with Crippen molar-refractivity contribution in [2.45, 2.75) is 5.38 Å². The van der Waals surface area contributed by atoms with Crippen molar-refractivity contribution >= 4 is 23.2 Å². The zero-order valence-corrected chi connectivity index (χ0v) is 13.9. The van der Waals surface area contributed by atoms with Crippen molar-refractivity contribution in [2.24, 2.45) is 0 Å². The fourth-order valence-corrected chi connectivity index (χ4v) is 2.11. The number of hydrogen-bond acceptors (Lipinski definition) is 6. The maximum absolute atomic E-state index is 9.86. The van der Waals surface area contributed by atoms with E-state index in [1.54, 1.807) is 24.4 Å². The van der Waals surface area contributed by atoms with E-state index in [9.17, 15) is 5.11 Å². The molecule has 8 heteroatoms. The number of alkyl halides is 2. The fraction of sp³-hybridized carbons (Fsp3) is 0.188. The van der Waals surface area contributed by atoms with Gasteiger partial charge < -0.3 is 14.4 Å². The summed E-state index contributed by atoms with van der Waals surface area (Å²) in [7, 11) is 0. The van der Waals surface area contributed by atoms with Crippen LogP contribution < -0.4 is 4.74 Å². The standard InChI is InChI=1S/C16H13Cl2N3O3/c17-8-11(18)9-23-13-6-10(5-12(22)7-13)16-20-15(21-24-16)14-3-1-2-4-19-14/h1-7,11,22H,8-9H2. The molecule has 0 fully saturated rings. The molecule has 2 aromatic heterocycles. The number of halogens is 2. The fourth-order valence-electron chi connectivity index (χ4n) is 1.96. The number of benzene rings is 1. The minimum absolute atomic E-state index is 0.0112. The van der Waals surface area contributed by atoms with Gasteiger partial charge in [-0.15, -0.1) is 23.2 Å². The number of phenolic OH excluding ortho intramolecular Hbond substituents is 1. The van der Waals surface area contributed by atoms with Crippen LogP contribution in [0.25, 0.3) is 23.0 Å². The lowest BCUT2D eigenvalue weighted by atomic mass is 10.2. The van der Waals surface area contributed by atoms with E-state index in [1.807, 2.05) is 6.07 Å². The summed E-state index contributed by atoms with van der Waals surface area (Å²) in [6.07, 6.45) is 1.64. The third-order valence-electron chi connectivity index (χ3n) is 3.06. The van der Waals surface area contributed by atoms with E-state index in [1.165, 1.54) is 12.1 Å². The van der Waals surface area contributed by atoms with Gasteiger partial charge in [-0.1, -0.05) is 11.2 Å². The summed E-state index contributed by atoms with van der Waals surface area (Å²) in [5.41, 5.74) is 1.12. The van der Waals surface area contributed by atoms with Crippen LogP contribution in [-0.2, 0) is 0 Å². The summed E-state index contributed by atoms with van der Waals surface area (Å²) < 4.78 is 10.8. The Bertz CT molecular complexity index is 811. The summed E-state index contributed by atoms with van der Waals surface area (Å²) in [6, 6.07) is 10.1. The van der Waals surface area contributed by atoms with E-state index < -0.39 is 0 Å². The summed E-state index contributed by atoms with van der Waals surface area (Å²) in [4.78, 5) is 8.45. The molecular weight excluding hydrogens is 353 g/mol. The number of aromatic nitrogens is 3. The minimum Gasteiger partial charge on any atom is -0.508 e. The average Bonchev–Trinajstić information content (AvgIpc) is 3.10. The van der Waals surface area contributed by atoms with Crippen molar-refractivity contribution in [3.05, 3.63) is 42.6 Å². The van der Waals surface area contributed by atoms with Crippen LogP contribution in [0.15, 0.2) is 47.1 Å². The molecule has 3 rings (SSSR count). The van der Waals surface area contributed by atoms with Gasteiger partial charge in [-0.3, -0.25) is 4.98 Å². The molecule has 0 aliphatic rings. The Morgan fingerprint density at radius 3 is 2.88 bits per heavy atom. The van der Waals surface area contributed by atoms with Gasteiger partial charge >= 0.3 is 0 Å². The molecule has 2 heterocycles. The zero-order chi connectivity index (χ0) is 16.9.